The lowest BCUT2D eigenvalue weighted by molar-refractivity contribution is -0.120. The number of benzene rings is 2. The Morgan fingerprint density at radius 2 is 1.70 bits per heavy atom. The molecule has 6 heteroatoms. The second kappa shape index (κ2) is 10.4. The number of nitrogens with one attached hydrogen (secondary N) is 1. The van der Waals surface area contributed by atoms with E-state index in [0.717, 1.165) is 50.0 Å². The van der Waals surface area contributed by atoms with Gasteiger partial charge in [0.15, 0.2) is 9.84 Å². The van der Waals surface area contributed by atoms with Gasteiger partial charge >= 0.3 is 0 Å². The van der Waals surface area contributed by atoms with Crippen molar-refractivity contribution in [3.8, 4) is 0 Å². The molecule has 1 amide bonds. The first kappa shape index (κ1) is 24.0. The number of rotatable bonds is 8. The highest BCUT2D eigenvalue weighted by molar-refractivity contribution is 7.91. The first-order valence-electron chi connectivity index (χ1n) is 12.2. The van der Waals surface area contributed by atoms with Gasteiger partial charge in [0.25, 0.3) is 0 Å². The van der Waals surface area contributed by atoms with Gasteiger partial charge in [0.1, 0.15) is 0 Å². The van der Waals surface area contributed by atoms with E-state index >= 15 is 0 Å². The van der Waals surface area contributed by atoms with E-state index in [1.165, 1.54) is 17.5 Å². The predicted octanol–water partition coefficient (Wildman–Crippen LogP) is 4.13. The monoisotopic (exact) mass is 468 g/mol. The van der Waals surface area contributed by atoms with Gasteiger partial charge in [0.2, 0.25) is 5.91 Å². The molecular formula is C27H36N2O3S. The highest BCUT2D eigenvalue weighted by atomic mass is 32.2. The van der Waals surface area contributed by atoms with Gasteiger partial charge < -0.3 is 5.32 Å². The van der Waals surface area contributed by atoms with Crippen LogP contribution in [0.25, 0.3) is 0 Å². The van der Waals surface area contributed by atoms with Crippen LogP contribution in [-0.4, -0.2) is 38.1 Å². The maximum atomic E-state index is 12.8. The topological polar surface area (TPSA) is 66.5 Å². The summed E-state index contributed by atoms with van der Waals surface area (Å²) in [6.45, 7) is 8.13. The predicted molar refractivity (Wildman–Crippen MR) is 132 cm³/mol. The van der Waals surface area contributed by atoms with Crippen LogP contribution in [0.15, 0.2) is 47.4 Å². The van der Waals surface area contributed by atoms with Crippen LogP contribution >= 0.6 is 0 Å². The number of aryl methyl sites for hydroxylation is 2. The van der Waals surface area contributed by atoms with Gasteiger partial charge in [-0.05, 0) is 71.9 Å². The van der Waals surface area contributed by atoms with Crippen LogP contribution in [0.2, 0.25) is 0 Å². The minimum Gasteiger partial charge on any atom is -0.352 e. The number of likely N-dealkylation sites (tertiary alicyclic amines) is 1. The Morgan fingerprint density at radius 3 is 2.45 bits per heavy atom. The fourth-order valence-electron chi connectivity index (χ4n) is 5.42. The Morgan fingerprint density at radius 1 is 1.00 bits per heavy atom. The normalized spacial score (nSPS) is 21.0. The maximum absolute atomic E-state index is 12.8. The Hall–Kier alpha value is -2.18. The molecule has 2 aliphatic rings. The molecule has 1 aliphatic carbocycles. The SMILES string of the molecule is CC1CC(C)CN(Cc2ccccc2CNC(=O)CCS(=O)(=O)c2ccc3c(c2)CCC3)C1. The number of carbonyl (C=O) groups excluding carboxylic acids is 1. The molecule has 2 aromatic carbocycles. The number of piperidine rings is 1. The van der Waals surface area contributed by atoms with E-state index in [0.29, 0.717) is 23.3 Å². The zero-order chi connectivity index (χ0) is 23.4. The molecule has 1 aliphatic heterocycles. The summed E-state index contributed by atoms with van der Waals surface area (Å²) >= 11 is 0. The van der Waals surface area contributed by atoms with E-state index in [1.54, 1.807) is 12.1 Å². The third-order valence-corrected chi connectivity index (χ3v) is 8.67. The second-order valence-electron chi connectivity index (χ2n) is 10.0. The molecule has 4 rings (SSSR count). The molecule has 1 heterocycles. The first-order chi connectivity index (χ1) is 15.8. The fraction of sp³-hybridized carbons (Fsp3) is 0.519. The van der Waals surface area contributed by atoms with Crippen LogP contribution in [0.3, 0.4) is 0 Å². The van der Waals surface area contributed by atoms with Crippen LogP contribution in [0.4, 0.5) is 0 Å². The van der Waals surface area contributed by atoms with Gasteiger partial charge in [0.05, 0.1) is 10.6 Å². The summed E-state index contributed by atoms with van der Waals surface area (Å²) in [7, 11) is -3.47. The molecule has 0 radical (unpaired) electrons. The Bertz CT molecular complexity index is 1090. The average Bonchev–Trinajstić information content (AvgIpc) is 3.24. The molecule has 0 saturated carbocycles. The zero-order valence-electron chi connectivity index (χ0n) is 19.8. The van der Waals surface area contributed by atoms with Crippen molar-refractivity contribution in [1.82, 2.24) is 10.2 Å². The highest BCUT2D eigenvalue weighted by Crippen LogP contribution is 2.26. The molecule has 1 fully saturated rings. The average molecular weight is 469 g/mol. The van der Waals surface area contributed by atoms with Crippen molar-refractivity contribution in [2.45, 2.75) is 63.9 Å². The molecule has 2 atom stereocenters. The molecule has 1 saturated heterocycles. The van der Waals surface area contributed by atoms with Crippen molar-refractivity contribution in [2.24, 2.45) is 11.8 Å². The van der Waals surface area contributed by atoms with Crippen molar-refractivity contribution < 1.29 is 13.2 Å². The number of amides is 1. The highest BCUT2D eigenvalue weighted by Gasteiger charge is 2.23. The molecule has 5 nitrogen and oxygen atoms in total. The molecule has 0 aromatic heterocycles. The van der Waals surface area contributed by atoms with Crippen molar-refractivity contribution >= 4 is 15.7 Å². The lowest BCUT2D eigenvalue weighted by Crippen LogP contribution is -2.38. The Labute approximate surface area is 198 Å². The Kier molecular flexibility index (Phi) is 7.55. The zero-order valence-corrected chi connectivity index (χ0v) is 20.7. The minimum atomic E-state index is -3.47. The van der Waals surface area contributed by atoms with E-state index in [4.69, 9.17) is 0 Å². The van der Waals surface area contributed by atoms with Gasteiger partial charge in [-0.3, -0.25) is 9.69 Å². The van der Waals surface area contributed by atoms with Gasteiger partial charge in [-0.1, -0.05) is 44.2 Å². The van der Waals surface area contributed by atoms with Crippen molar-refractivity contribution in [3.05, 3.63) is 64.7 Å². The van der Waals surface area contributed by atoms with Crippen LogP contribution < -0.4 is 5.32 Å². The maximum Gasteiger partial charge on any atom is 0.221 e. The van der Waals surface area contributed by atoms with E-state index in [-0.39, 0.29) is 18.1 Å². The first-order valence-corrected chi connectivity index (χ1v) is 13.9. The summed E-state index contributed by atoms with van der Waals surface area (Å²) in [5.74, 6) is 1.01. The molecule has 0 bridgehead atoms. The third kappa shape index (κ3) is 6.24. The summed E-state index contributed by atoms with van der Waals surface area (Å²) in [5, 5.41) is 2.94. The summed E-state index contributed by atoms with van der Waals surface area (Å²) in [6.07, 6.45) is 4.30. The van der Waals surface area contributed by atoms with Crippen LogP contribution in [-0.2, 0) is 40.6 Å². The van der Waals surface area contributed by atoms with Gasteiger partial charge in [-0.15, -0.1) is 0 Å². The van der Waals surface area contributed by atoms with Crippen molar-refractivity contribution in [1.29, 1.82) is 0 Å². The fourth-order valence-corrected chi connectivity index (χ4v) is 6.70. The quantitative estimate of drug-likeness (QED) is 0.633. The van der Waals surface area contributed by atoms with Gasteiger partial charge in [0, 0.05) is 32.6 Å². The van der Waals surface area contributed by atoms with Crippen molar-refractivity contribution in [2.75, 3.05) is 18.8 Å². The van der Waals surface area contributed by atoms with Crippen LogP contribution in [0.1, 0.15) is 55.4 Å². The molecule has 0 spiro atoms. The lowest BCUT2D eigenvalue weighted by atomic mass is 9.91. The molecule has 2 aromatic rings. The number of sulfone groups is 1. The smallest absolute Gasteiger partial charge is 0.221 e. The molecular weight excluding hydrogens is 432 g/mol. The summed E-state index contributed by atoms with van der Waals surface area (Å²) < 4.78 is 25.5. The van der Waals surface area contributed by atoms with E-state index in [2.05, 4.69) is 30.1 Å². The Balaban J connectivity index is 1.31. The largest absolute Gasteiger partial charge is 0.352 e. The van der Waals surface area contributed by atoms with Crippen LogP contribution in [0, 0.1) is 11.8 Å². The number of carbonyl (C=O) groups is 1. The summed E-state index contributed by atoms with van der Waals surface area (Å²) in [6, 6.07) is 13.6. The molecule has 33 heavy (non-hydrogen) atoms. The van der Waals surface area contributed by atoms with Crippen molar-refractivity contribution in [3.63, 3.8) is 0 Å². The molecule has 2 unspecified atom stereocenters. The summed E-state index contributed by atoms with van der Waals surface area (Å²) in [4.78, 5) is 15.3. The minimum absolute atomic E-state index is 0.0251. The third-order valence-electron chi connectivity index (χ3n) is 6.96. The number of hydrogen-bond acceptors (Lipinski definition) is 4. The summed E-state index contributed by atoms with van der Waals surface area (Å²) in [5.41, 5.74) is 4.71. The van der Waals surface area contributed by atoms with Gasteiger partial charge in [-0.25, -0.2) is 8.42 Å². The van der Waals surface area contributed by atoms with Crippen LogP contribution in [0.5, 0.6) is 0 Å². The molecule has 178 valence electrons. The number of fused-ring (bicyclic) bond motifs is 1. The number of hydrogen-bond donors (Lipinski definition) is 1. The molecule has 1 N–H and O–H groups in total. The second-order valence-corrected chi connectivity index (χ2v) is 12.1. The van der Waals surface area contributed by atoms with E-state index < -0.39 is 9.84 Å². The lowest BCUT2D eigenvalue weighted by Gasteiger charge is -2.35. The standard InChI is InChI=1S/C27H36N2O3S/c1-20-14-21(2)18-29(17-20)19-25-7-4-3-6-24(25)16-28-27(30)12-13-33(31,32)26-11-10-22-8-5-9-23(22)15-26/h3-4,6-7,10-11,15,20-21H,5,8-9,12-14,16-19H2,1-2H3,(H,28,30). The number of nitrogens with zero attached hydrogens (tertiary/aromatic N) is 1. The van der Waals surface area contributed by atoms with E-state index in [9.17, 15) is 13.2 Å². The van der Waals surface area contributed by atoms with E-state index in [1.807, 2.05) is 24.3 Å². The van der Waals surface area contributed by atoms with Gasteiger partial charge in [-0.2, -0.15) is 0 Å².